The van der Waals surface area contributed by atoms with Crippen LogP contribution in [-0.4, -0.2) is 24.5 Å². The molecule has 1 aromatic rings. The van der Waals surface area contributed by atoms with Crippen LogP contribution >= 0.6 is 0 Å². The van der Waals surface area contributed by atoms with E-state index in [9.17, 15) is 4.79 Å². The molecule has 1 aromatic carbocycles. The SMILES string of the molecule is CC(=O)N1c2ccc(N3CCCC3C)cc2[C@H](N)[C@@H](C)[C@@H]1C. The van der Waals surface area contributed by atoms with Crippen LogP contribution in [0, 0.1) is 5.92 Å². The number of fused-ring (bicyclic) bond motifs is 1. The molecule has 0 spiro atoms. The number of hydrogen-bond acceptors (Lipinski definition) is 3. The average Bonchev–Trinajstić information content (AvgIpc) is 2.91. The highest BCUT2D eigenvalue weighted by molar-refractivity contribution is 5.94. The first-order valence-corrected chi connectivity index (χ1v) is 8.37. The summed E-state index contributed by atoms with van der Waals surface area (Å²) < 4.78 is 0. The molecule has 0 aliphatic carbocycles. The van der Waals surface area contributed by atoms with Crippen molar-refractivity contribution in [3.05, 3.63) is 23.8 Å². The summed E-state index contributed by atoms with van der Waals surface area (Å²) in [6, 6.07) is 7.14. The summed E-state index contributed by atoms with van der Waals surface area (Å²) in [5.74, 6) is 0.345. The number of carbonyl (C=O) groups is 1. The second-order valence-corrected chi connectivity index (χ2v) is 6.94. The van der Waals surface area contributed by atoms with Crippen LogP contribution in [0.2, 0.25) is 0 Å². The van der Waals surface area contributed by atoms with Crippen LogP contribution in [0.4, 0.5) is 11.4 Å². The first-order valence-electron chi connectivity index (χ1n) is 8.37. The second-order valence-electron chi connectivity index (χ2n) is 6.94. The summed E-state index contributed by atoms with van der Waals surface area (Å²) in [6.45, 7) is 9.25. The molecule has 1 fully saturated rings. The maximum atomic E-state index is 12.1. The van der Waals surface area contributed by atoms with E-state index in [1.807, 2.05) is 4.90 Å². The Hall–Kier alpha value is -1.55. The Morgan fingerprint density at radius 3 is 2.59 bits per heavy atom. The van der Waals surface area contributed by atoms with Crippen LogP contribution in [0.15, 0.2) is 18.2 Å². The normalized spacial score (nSPS) is 31.3. The second kappa shape index (κ2) is 5.58. The van der Waals surface area contributed by atoms with Crippen LogP contribution in [0.5, 0.6) is 0 Å². The fourth-order valence-electron chi connectivity index (χ4n) is 4.02. The van der Waals surface area contributed by atoms with E-state index in [0.29, 0.717) is 6.04 Å². The van der Waals surface area contributed by atoms with Gasteiger partial charge in [0.15, 0.2) is 0 Å². The topological polar surface area (TPSA) is 49.6 Å². The Morgan fingerprint density at radius 2 is 2.00 bits per heavy atom. The van der Waals surface area contributed by atoms with Crippen molar-refractivity contribution in [3.8, 4) is 0 Å². The van der Waals surface area contributed by atoms with Gasteiger partial charge in [-0.1, -0.05) is 6.92 Å². The zero-order valence-electron chi connectivity index (χ0n) is 14.0. The van der Waals surface area contributed by atoms with E-state index in [2.05, 4.69) is 43.9 Å². The van der Waals surface area contributed by atoms with Gasteiger partial charge in [0.05, 0.1) is 0 Å². The summed E-state index contributed by atoms with van der Waals surface area (Å²) in [5, 5.41) is 0. The van der Waals surface area contributed by atoms with Crippen molar-refractivity contribution < 1.29 is 4.79 Å². The van der Waals surface area contributed by atoms with E-state index in [-0.39, 0.29) is 23.9 Å². The summed E-state index contributed by atoms with van der Waals surface area (Å²) in [6.07, 6.45) is 2.49. The summed E-state index contributed by atoms with van der Waals surface area (Å²) in [5.41, 5.74) is 9.82. The molecule has 0 bridgehead atoms. The molecule has 4 atom stereocenters. The molecular weight excluding hydrogens is 274 g/mol. The predicted octanol–water partition coefficient (Wildman–Crippen LogP) is 3.07. The minimum atomic E-state index is -0.0153. The summed E-state index contributed by atoms with van der Waals surface area (Å²) in [7, 11) is 0. The van der Waals surface area contributed by atoms with Gasteiger partial charge in [-0.05, 0) is 56.4 Å². The molecule has 2 N–H and O–H groups in total. The van der Waals surface area contributed by atoms with Gasteiger partial charge in [-0.25, -0.2) is 0 Å². The molecule has 22 heavy (non-hydrogen) atoms. The monoisotopic (exact) mass is 301 g/mol. The van der Waals surface area contributed by atoms with Crippen LogP contribution in [-0.2, 0) is 4.79 Å². The zero-order chi connectivity index (χ0) is 16.0. The third kappa shape index (κ3) is 2.30. The van der Waals surface area contributed by atoms with Crippen molar-refractivity contribution in [1.82, 2.24) is 0 Å². The van der Waals surface area contributed by atoms with Crippen molar-refractivity contribution in [2.24, 2.45) is 11.7 Å². The minimum Gasteiger partial charge on any atom is -0.369 e. The lowest BCUT2D eigenvalue weighted by atomic mass is 9.83. The maximum absolute atomic E-state index is 12.1. The molecule has 4 heteroatoms. The first kappa shape index (κ1) is 15.3. The molecule has 4 nitrogen and oxygen atoms in total. The van der Waals surface area contributed by atoms with Crippen molar-refractivity contribution in [3.63, 3.8) is 0 Å². The molecule has 2 heterocycles. The van der Waals surface area contributed by atoms with Crippen LogP contribution in [0.25, 0.3) is 0 Å². The zero-order valence-corrected chi connectivity index (χ0v) is 14.0. The molecule has 0 aromatic heterocycles. The van der Waals surface area contributed by atoms with Gasteiger partial charge in [-0.15, -0.1) is 0 Å². The highest BCUT2D eigenvalue weighted by atomic mass is 16.2. The molecule has 0 saturated carbocycles. The van der Waals surface area contributed by atoms with Gasteiger partial charge in [-0.3, -0.25) is 4.79 Å². The van der Waals surface area contributed by atoms with E-state index < -0.39 is 0 Å². The number of anilines is 2. The van der Waals surface area contributed by atoms with Crippen molar-refractivity contribution >= 4 is 17.3 Å². The smallest absolute Gasteiger partial charge is 0.224 e. The average molecular weight is 301 g/mol. The number of nitrogens with zero attached hydrogens (tertiary/aromatic N) is 2. The van der Waals surface area contributed by atoms with Gasteiger partial charge in [0.2, 0.25) is 5.91 Å². The summed E-state index contributed by atoms with van der Waals surface area (Å²) in [4.78, 5) is 16.4. The van der Waals surface area contributed by atoms with E-state index >= 15 is 0 Å². The molecule has 2 aliphatic rings. The number of carbonyl (C=O) groups excluding carboxylic acids is 1. The standard InChI is InChI=1S/C18H27N3O/c1-11-6-5-9-20(11)15-7-8-17-16(10-15)18(19)12(2)13(3)21(17)14(4)22/h7-8,10-13,18H,5-6,9,19H2,1-4H3/t11?,12-,13-,18+/m0/s1. The van der Waals surface area contributed by atoms with Crippen molar-refractivity contribution in [1.29, 1.82) is 0 Å². The van der Waals surface area contributed by atoms with Crippen LogP contribution in [0.3, 0.4) is 0 Å². The quantitative estimate of drug-likeness (QED) is 0.867. The molecule has 3 rings (SSSR count). The summed E-state index contributed by atoms with van der Waals surface area (Å²) >= 11 is 0. The predicted molar refractivity (Wildman–Crippen MR) is 91.2 cm³/mol. The number of hydrogen-bond donors (Lipinski definition) is 1. The molecule has 2 aliphatic heterocycles. The fourth-order valence-corrected chi connectivity index (χ4v) is 4.02. The highest BCUT2D eigenvalue weighted by Crippen LogP contribution is 2.41. The van der Waals surface area contributed by atoms with Crippen LogP contribution < -0.4 is 15.5 Å². The first-order chi connectivity index (χ1) is 10.4. The Labute approximate surface area is 133 Å². The number of rotatable bonds is 1. The van der Waals surface area contributed by atoms with E-state index in [0.717, 1.165) is 17.8 Å². The lowest BCUT2D eigenvalue weighted by molar-refractivity contribution is -0.117. The third-order valence-corrected chi connectivity index (χ3v) is 5.59. The minimum absolute atomic E-state index is 0.0153. The van der Waals surface area contributed by atoms with Gasteiger partial charge in [0.25, 0.3) is 0 Å². The van der Waals surface area contributed by atoms with Gasteiger partial charge < -0.3 is 15.5 Å². The Bertz CT molecular complexity index is 586. The van der Waals surface area contributed by atoms with E-state index in [1.165, 1.54) is 18.5 Å². The van der Waals surface area contributed by atoms with Crippen molar-refractivity contribution in [2.75, 3.05) is 16.3 Å². The number of benzene rings is 1. The Balaban J connectivity index is 2.05. The number of nitrogens with two attached hydrogens (primary N) is 1. The highest BCUT2D eigenvalue weighted by Gasteiger charge is 2.36. The molecule has 120 valence electrons. The molecule has 1 unspecified atom stereocenters. The van der Waals surface area contributed by atoms with Crippen LogP contribution in [0.1, 0.15) is 52.1 Å². The lowest BCUT2D eigenvalue weighted by Gasteiger charge is -2.42. The van der Waals surface area contributed by atoms with E-state index in [4.69, 9.17) is 5.73 Å². The Morgan fingerprint density at radius 1 is 1.27 bits per heavy atom. The van der Waals surface area contributed by atoms with Crippen molar-refractivity contribution in [2.45, 2.75) is 58.7 Å². The molecular formula is C18H27N3O. The van der Waals surface area contributed by atoms with Gasteiger partial charge in [0, 0.05) is 43.0 Å². The van der Waals surface area contributed by atoms with Gasteiger partial charge in [0.1, 0.15) is 0 Å². The molecule has 0 radical (unpaired) electrons. The Kier molecular flexibility index (Phi) is 3.89. The largest absolute Gasteiger partial charge is 0.369 e. The lowest BCUT2D eigenvalue weighted by Crippen LogP contribution is -2.48. The third-order valence-electron chi connectivity index (χ3n) is 5.59. The van der Waals surface area contributed by atoms with Gasteiger partial charge in [-0.2, -0.15) is 0 Å². The number of amides is 1. The molecule has 1 saturated heterocycles. The molecule has 1 amide bonds. The van der Waals surface area contributed by atoms with Gasteiger partial charge >= 0.3 is 0 Å². The van der Waals surface area contributed by atoms with E-state index in [1.54, 1.807) is 6.92 Å². The maximum Gasteiger partial charge on any atom is 0.224 e. The fraction of sp³-hybridized carbons (Fsp3) is 0.611.